The quantitative estimate of drug-likeness (QED) is 0.261. The highest BCUT2D eigenvalue weighted by molar-refractivity contribution is 7.28. The zero-order valence-electron chi connectivity index (χ0n) is 14.8. The van der Waals surface area contributed by atoms with Crippen LogP contribution in [0.5, 0.6) is 0 Å². The van der Waals surface area contributed by atoms with Gasteiger partial charge in [-0.15, -0.1) is 56.7 Å². The SMILES string of the molecule is Cc1csc(-c2sc(-c3cccs3)c(-c3cccs3)c2-c2cccs2)c1C. The minimum Gasteiger partial charge on any atom is -0.144 e. The van der Waals surface area contributed by atoms with Crippen LogP contribution in [0.15, 0.2) is 57.9 Å². The molecular formula is C22H16S5. The van der Waals surface area contributed by atoms with Gasteiger partial charge in [0.25, 0.3) is 0 Å². The van der Waals surface area contributed by atoms with Crippen molar-refractivity contribution in [3.8, 4) is 40.4 Å². The van der Waals surface area contributed by atoms with E-state index in [1.54, 1.807) is 0 Å². The Bertz CT molecular complexity index is 1170. The van der Waals surface area contributed by atoms with Crippen molar-refractivity contribution in [2.75, 3.05) is 0 Å². The molecule has 27 heavy (non-hydrogen) atoms. The lowest BCUT2D eigenvalue weighted by Gasteiger charge is -2.06. The van der Waals surface area contributed by atoms with Gasteiger partial charge in [0.05, 0.1) is 9.75 Å². The van der Waals surface area contributed by atoms with Crippen molar-refractivity contribution in [2.24, 2.45) is 0 Å². The lowest BCUT2D eigenvalue weighted by atomic mass is 10.0. The Labute approximate surface area is 179 Å². The van der Waals surface area contributed by atoms with Gasteiger partial charge in [0.2, 0.25) is 0 Å². The molecule has 0 nitrogen and oxygen atoms in total. The summed E-state index contributed by atoms with van der Waals surface area (Å²) in [5.41, 5.74) is 5.61. The second-order valence-electron chi connectivity index (χ2n) is 6.32. The fourth-order valence-corrected chi connectivity index (χ4v) is 8.38. The molecule has 5 heterocycles. The zero-order chi connectivity index (χ0) is 18.4. The van der Waals surface area contributed by atoms with Crippen molar-refractivity contribution in [1.29, 1.82) is 0 Å². The maximum Gasteiger partial charge on any atom is 0.0545 e. The molecule has 5 aromatic rings. The molecule has 0 atom stereocenters. The minimum absolute atomic E-state index is 1.36. The molecule has 0 unspecified atom stereocenters. The molecule has 0 radical (unpaired) electrons. The molecule has 0 aliphatic rings. The van der Waals surface area contributed by atoms with Crippen LogP contribution in [-0.4, -0.2) is 0 Å². The van der Waals surface area contributed by atoms with E-state index in [1.807, 2.05) is 56.7 Å². The van der Waals surface area contributed by atoms with Gasteiger partial charge >= 0.3 is 0 Å². The smallest absolute Gasteiger partial charge is 0.0545 e. The molecule has 5 heteroatoms. The Morgan fingerprint density at radius 2 is 1.15 bits per heavy atom. The average Bonchev–Trinajstić information content (AvgIpc) is 3.47. The van der Waals surface area contributed by atoms with Crippen molar-refractivity contribution < 1.29 is 0 Å². The van der Waals surface area contributed by atoms with Crippen LogP contribution in [-0.2, 0) is 0 Å². The molecule has 0 bridgehead atoms. The monoisotopic (exact) mass is 440 g/mol. The molecule has 0 fully saturated rings. The predicted octanol–water partition coefficient (Wildman–Crippen LogP) is 9.28. The normalized spacial score (nSPS) is 11.3. The van der Waals surface area contributed by atoms with Crippen LogP contribution < -0.4 is 0 Å². The van der Waals surface area contributed by atoms with Crippen LogP contribution in [0.3, 0.4) is 0 Å². The third kappa shape index (κ3) is 2.98. The van der Waals surface area contributed by atoms with E-state index in [4.69, 9.17) is 0 Å². The summed E-state index contributed by atoms with van der Waals surface area (Å²) >= 11 is 9.34. The average molecular weight is 441 g/mol. The summed E-state index contributed by atoms with van der Waals surface area (Å²) in [5, 5.41) is 8.84. The standard InChI is InChI=1S/C22H16S5/c1-13-12-26-20(14(13)2)22-19(16-7-4-10-24-16)18(15-6-3-9-23-15)21(27-22)17-8-5-11-25-17/h3-12H,1-2H3. The third-order valence-electron chi connectivity index (χ3n) is 4.68. The lowest BCUT2D eigenvalue weighted by Crippen LogP contribution is -1.81. The summed E-state index contributed by atoms with van der Waals surface area (Å²) in [6.45, 7) is 4.48. The highest BCUT2D eigenvalue weighted by Gasteiger charge is 2.26. The molecule has 0 aliphatic carbocycles. The second-order valence-corrected chi connectivity index (χ2v) is 11.1. The van der Waals surface area contributed by atoms with Gasteiger partial charge in [-0.3, -0.25) is 0 Å². The van der Waals surface area contributed by atoms with Gasteiger partial charge in [-0.1, -0.05) is 18.2 Å². The highest BCUT2D eigenvalue weighted by atomic mass is 32.1. The Kier molecular flexibility index (Phi) is 4.66. The van der Waals surface area contributed by atoms with E-state index >= 15 is 0 Å². The minimum atomic E-state index is 1.36. The van der Waals surface area contributed by atoms with E-state index < -0.39 is 0 Å². The van der Waals surface area contributed by atoms with Gasteiger partial charge in [-0.25, -0.2) is 0 Å². The van der Waals surface area contributed by atoms with Crippen LogP contribution in [0.1, 0.15) is 11.1 Å². The first kappa shape index (κ1) is 17.6. The molecule has 0 N–H and O–H groups in total. The lowest BCUT2D eigenvalue weighted by molar-refractivity contribution is 1.41. The van der Waals surface area contributed by atoms with Crippen molar-refractivity contribution in [3.05, 3.63) is 69.0 Å². The van der Waals surface area contributed by atoms with Gasteiger partial charge in [0.15, 0.2) is 0 Å². The van der Waals surface area contributed by atoms with Crippen LogP contribution in [0.2, 0.25) is 0 Å². The zero-order valence-corrected chi connectivity index (χ0v) is 18.9. The van der Waals surface area contributed by atoms with Gasteiger partial charge < -0.3 is 0 Å². The molecule has 0 amide bonds. The van der Waals surface area contributed by atoms with Crippen molar-refractivity contribution in [1.82, 2.24) is 0 Å². The Morgan fingerprint density at radius 1 is 0.593 bits per heavy atom. The van der Waals surface area contributed by atoms with E-state index in [-0.39, 0.29) is 0 Å². The Balaban J connectivity index is 1.89. The van der Waals surface area contributed by atoms with Crippen molar-refractivity contribution in [3.63, 3.8) is 0 Å². The number of aryl methyl sites for hydroxylation is 1. The van der Waals surface area contributed by atoms with Crippen LogP contribution in [0, 0.1) is 13.8 Å². The molecule has 0 aliphatic heterocycles. The summed E-state index contributed by atoms with van der Waals surface area (Å²) in [7, 11) is 0. The largest absolute Gasteiger partial charge is 0.144 e. The molecule has 0 saturated carbocycles. The van der Waals surface area contributed by atoms with Crippen LogP contribution in [0.4, 0.5) is 0 Å². The van der Waals surface area contributed by atoms with Crippen LogP contribution >= 0.6 is 56.7 Å². The number of hydrogen-bond acceptors (Lipinski definition) is 5. The number of rotatable bonds is 4. The molecule has 0 aromatic carbocycles. The number of thiophene rings is 5. The maximum absolute atomic E-state index is 2.29. The Morgan fingerprint density at radius 3 is 1.63 bits per heavy atom. The maximum atomic E-state index is 2.29. The van der Waals surface area contributed by atoms with E-state index in [1.165, 1.54) is 51.5 Å². The summed E-state index contributed by atoms with van der Waals surface area (Å²) in [6, 6.07) is 13.3. The Hall–Kier alpha value is -1.50. The fraction of sp³-hybridized carbons (Fsp3) is 0.0909. The summed E-state index contributed by atoms with van der Waals surface area (Å²) in [4.78, 5) is 8.31. The van der Waals surface area contributed by atoms with Gasteiger partial charge in [0, 0.05) is 30.6 Å². The fourth-order valence-electron chi connectivity index (χ4n) is 3.21. The molecule has 5 rings (SSSR count). The topological polar surface area (TPSA) is 0 Å². The highest BCUT2D eigenvalue weighted by Crippen LogP contribution is 2.55. The third-order valence-corrected chi connectivity index (χ3v) is 10.1. The van der Waals surface area contributed by atoms with Crippen molar-refractivity contribution in [2.45, 2.75) is 13.8 Å². The molecular weight excluding hydrogens is 425 g/mol. The molecule has 5 aromatic heterocycles. The van der Waals surface area contributed by atoms with Gasteiger partial charge in [0.1, 0.15) is 0 Å². The first-order chi connectivity index (χ1) is 13.2. The van der Waals surface area contributed by atoms with Crippen molar-refractivity contribution >= 4 is 56.7 Å². The number of hydrogen-bond donors (Lipinski definition) is 0. The van der Waals surface area contributed by atoms with E-state index in [0.717, 1.165) is 0 Å². The molecule has 134 valence electrons. The molecule has 0 saturated heterocycles. The predicted molar refractivity (Wildman–Crippen MR) is 127 cm³/mol. The first-order valence-corrected chi connectivity index (χ1v) is 12.9. The van der Waals surface area contributed by atoms with Gasteiger partial charge in [-0.05, 0) is 64.7 Å². The molecule has 0 spiro atoms. The summed E-state index contributed by atoms with van der Waals surface area (Å²) in [6.07, 6.45) is 0. The summed E-state index contributed by atoms with van der Waals surface area (Å²) in [5.74, 6) is 0. The second kappa shape index (κ2) is 7.15. The van der Waals surface area contributed by atoms with E-state index in [2.05, 4.69) is 71.8 Å². The van der Waals surface area contributed by atoms with Gasteiger partial charge in [-0.2, -0.15) is 0 Å². The van der Waals surface area contributed by atoms with E-state index in [9.17, 15) is 0 Å². The van der Waals surface area contributed by atoms with Crippen LogP contribution in [0.25, 0.3) is 40.4 Å². The first-order valence-electron chi connectivity index (χ1n) is 8.57. The van der Waals surface area contributed by atoms with E-state index in [0.29, 0.717) is 0 Å². The summed E-state index contributed by atoms with van der Waals surface area (Å²) < 4.78 is 0.